The minimum absolute atomic E-state index is 0.682. The van der Waals surface area contributed by atoms with Crippen molar-refractivity contribution < 1.29 is 4.74 Å². The van der Waals surface area contributed by atoms with E-state index >= 15 is 0 Å². The molecule has 0 radical (unpaired) electrons. The molecule has 0 N–H and O–H groups in total. The SMILES string of the molecule is COCc1ccc2cccc3c2c1Cc1ccccc1-3. The minimum atomic E-state index is 0.682. The third-order valence-corrected chi connectivity index (χ3v) is 4.22. The summed E-state index contributed by atoms with van der Waals surface area (Å²) in [5.41, 5.74) is 6.88. The molecule has 0 bridgehead atoms. The van der Waals surface area contributed by atoms with E-state index in [0.29, 0.717) is 6.61 Å². The van der Waals surface area contributed by atoms with Gasteiger partial charge >= 0.3 is 0 Å². The van der Waals surface area contributed by atoms with Crippen LogP contribution in [0.2, 0.25) is 0 Å². The summed E-state index contributed by atoms with van der Waals surface area (Å²) < 4.78 is 5.37. The van der Waals surface area contributed by atoms with E-state index < -0.39 is 0 Å². The Bertz CT molecular complexity index is 802. The first-order valence-electron chi connectivity index (χ1n) is 6.99. The van der Waals surface area contributed by atoms with Gasteiger partial charge in [0, 0.05) is 7.11 Å². The van der Waals surface area contributed by atoms with Crippen molar-refractivity contribution in [1.82, 2.24) is 0 Å². The van der Waals surface area contributed by atoms with Gasteiger partial charge in [-0.3, -0.25) is 0 Å². The molecule has 98 valence electrons. The van der Waals surface area contributed by atoms with E-state index in [-0.39, 0.29) is 0 Å². The van der Waals surface area contributed by atoms with Crippen molar-refractivity contribution >= 4 is 10.8 Å². The van der Waals surface area contributed by atoms with Crippen LogP contribution in [-0.4, -0.2) is 7.11 Å². The quantitative estimate of drug-likeness (QED) is 0.513. The van der Waals surface area contributed by atoms with Crippen LogP contribution >= 0.6 is 0 Å². The molecule has 4 rings (SSSR count). The van der Waals surface area contributed by atoms with E-state index in [1.807, 2.05) is 0 Å². The highest BCUT2D eigenvalue weighted by atomic mass is 16.5. The van der Waals surface area contributed by atoms with Crippen molar-refractivity contribution in [3.8, 4) is 11.1 Å². The van der Waals surface area contributed by atoms with Crippen molar-refractivity contribution in [2.75, 3.05) is 7.11 Å². The highest BCUT2D eigenvalue weighted by molar-refractivity contribution is 6.02. The van der Waals surface area contributed by atoms with Gasteiger partial charge in [-0.15, -0.1) is 0 Å². The molecule has 0 atom stereocenters. The van der Waals surface area contributed by atoms with Gasteiger partial charge in [0.1, 0.15) is 0 Å². The normalized spacial score (nSPS) is 12.4. The van der Waals surface area contributed by atoms with E-state index in [1.54, 1.807) is 7.11 Å². The molecule has 0 saturated heterocycles. The number of fused-ring (bicyclic) bond motifs is 2. The van der Waals surface area contributed by atoms with Gasteiger partial charge in [0.05, 0.1) is 6.61 Å². The molecular weight excluding hydrogens is 244 g/mol. The Kier molecular flexibility index (Phi) is 2.61. The Balaban J connectivity index is 2.11. The van der Waals surface area contributed by atoms with Gasteiger partial charge in [-0.1, -0.05) is 54.6 Å². The maximum Gasteiger partial charge on any atom is 0.0716 e. The molecule has 0 heterocycles. The molecule has 3 aromatic carbocycles. The number of methoxy groups -OCH3 is 1. The molecule has 0 aromatic heterocycles. The summed E-state index contributed by atoms with van der Waals surface area (Å²) in [6, 6.07) is 19.7. The van der Waals surface area contributed by atoms with Crippen LogP contribution in [0.1, 0.15) is 16.7 Å². The van der Waals surface area contributed by atoms with Gasteiger partial charge < -0.3 is 4.74 Å². The Morgan fingerprint density at radius 2 is 1.75 bits per heavy atom. The largest absolute Gasteiger partial charge is 0.380 e. The van der Waals surface area contributed by atoms with Crippen LogP contribution in [0, 0.1) is 0 Å². The van der Waals surface area contributed by atoms with Gasteiger partial charge in [0.2, 0.25) is 0 Å². The van der Waals surface area contributed by atoms with Gasteiger partial charge in [0.15, 0.2) is 0 Å². The van der Waals surface area contributed by atoms with E-state index in [9.17, 15) is 0 Å². The first-order valence-corrected chi connectivity index (χ1v) is 6.99. The fraction of sp³-hybridized carbons (Fsp3) is 0.158. The van der Waals surface area contributed by atoms with Crippen LogP contribution in [0.15, 0.2) is 54.6 Å². The van der Waals surface area contributed by atoms with Gasteiger partial charge in [0.25, 0.3) is 0 Å². The second kappa shape index (κ2) is 4.46. The van der Waals surface area contributed by atoms with Crippen LogP contribution < -0.4 is 0 Å². The topological polar surface area (TPSA) is 9.23 Å². The Morgan fingerprint density at radius 3 is 2.65 bits per heavy atom. The van der Waals surface area contributed by atoms with Crippen LogP contribution in [-0.2, 0) is 17.8 Å². The number of benzene rings is 3. The third kappa shape index (κ3) is 1.60. The average molecular weight is 260 g/mol. The highest BCUT2D eigenvalue weighted by Crippen LogP contribution is 2.40. The summed E-state index contributed by atoms with van der Waals surface area (Å²) in [6.45, 7) is 0.682. The van der Waals surface area contributed by atoms with Crippen molar-refractivity contribution in [3.05, 3.63) is 71.3 Å². The van der Waals surface area contributed by atoms with E-state index in [0.717, 1.165) is 6.42 Å². The molecule has 3 aromatic rings. The maximum atomic E-state index is 5.37. The average Bonchev–Trinajstić information content (AvgIpc) is 2.50. The molecule has 1 aliphatic rings. The van der Waals surface area contributed by atoms with Gasteiger partial charge in [-0.2, -0.15) is 0 Å². The molecule has 0 unspecified atom stereocenters. The Morgan fingerprint density at radius 1 is 0.900 bits per heavy atom. The highest BCUT2D eigenvalue weighted by Gasteiger charge is 2.19. The molecule has 1 heteroatoms. The summed E-state index contributed by atoms with van der Waals surface area (Å²) in [4.78, 5) is 0. The second-order valence-corrected chi connectivity index (χ2v) is 5.37. The first-order chi connectivity index (χ1) is 9.88. The zero-order chi connectivity index (χ0) is 13.5. The van der Waals surface area contributed by atoms with Crippen LogP contribution in [0.25, 0.3) is 21.9 Å². The third-order valence-electron chi connectivity index (χ3n) is 4.22. The first kappa shape index (κ1) is 11.7. The predicted molar refractivity (Wildman–Crippen MR) is 82.9 cm³/mol. The number of hydrogen-bond acceptors (Lipinski definition) is 1. The number of ether oxygens (including phenoxy) is 1. The van der Waals surface area contributed by atoms with Crippen molar-refractivity contribution in [2.24, 2.45) is 0 Å². The second-order valence-electron chi connectivity index (χ2n) is 5.37. The molecule has 1 aliphatic carbocycles. The molecular formula is C19H16O. The molecule has 0 fully saturated rings. The number of hydrogen-bond donors (Lipinski definition) is 0. The fourth-order valence-corrected chi connectivity index (χ4v) is 3.34. The van der Waals surface area contributed by atoms with Crippen LogP contribution in [0.3, 0.4) is 0 Å². The zero-order valence-electron chi connectivity index (χ0n) is 11.5. The van der Waals surface area contributed by atoms with E-state index in [2.05, 4.69) is 54.6 Å². The smallest absolute Gasteiger partial charge is 0.0716 e. The molecule has 20 heavy (non-hydrogen) atoms. The van der Waals surface area contributed by atoms with Crippen LogP contribution in [0.4, 0.5) is 0 Å². The molecule has 0 saturated carbocycles. The lowest BCUT2D eigenvalue weighted by Crippen LogP contribution is -2.05. The van der Waals surface area contributed by atoms with Crippen molar-refractivity contribution in [1.29, 1.82) is 0 Å². The fourth-order valence-electron chi connectivity index (χ4n) is 3.34. The molecule has 0 aliphatic heterocycles. The summed E-state index contributed by atoms with van der Waals surface area (Å²) in [6.07, 6.45) is 1.00. The summed E-state index contributed by atoms with van der Waals surface area (Å²) in [5, 5.41) is 2.73. The molecule has 1 nitrogen and oxygen atoms in total. The molecule has 0 spiro atoms. The van der Waals surface area contributed by atoms with E-state index in [1.165, 1.54) is 38.6 Å². The standard InChI is InChI=1S/C19H16O/c1-20-12-15-10-9-13-6-4-8-17-16-7-3-2-5-14(16)11-18(15)19(13)17/h2-10H,11-12H2,1H3. The lowest BCUT2D eigenvalue weighted by atomic mass is 9.82. The van der Waals surface area contributed by atoms with Gasteiger partial charge in [-0.25, -0.2) is 0 Å². The van der Waals surface area contributed by atoms with Crippen LogP contribution in [0.5, 0.6) is 0 Å². The van der Waals surface area contributed by atoms with Crippen molar-refractivity contribution in [3.63, 3.8) is 0 Å². The lowest BCUT2D eigenvalue weighted by molar-refractivity contribution is 0.184. The predicted octanol–water partition coefficient (Wildman–Crippen LogP) is 4.56. The lowest BCUT2D eigenvalue weighted by Gasteiger charge is -2.23. The molecule has 0 amide bonds. The van der Waals surface area contributed by atoms with E-state index in [4.69, 9.17) is 4.74 Å². The maximum absolute atomic E-state index is 5.37. The summed E-state index contributed by atoms with van der Waals surface area (Å²) >= 11 is 0. The summed E-state index contributed by atoms with van der Waals surface area (Å²) in [5.74, 6) is 0. The Hall–Kier alpha value is -2.12. The number of rotatable bonds is 2. The minimum Gasteiger partial charge on any atom is -0.380 e. The zero-order valence-corrected chi connectivity index (χ0v) is 11.5. The van der Waals surface area contributed by atoms with Gasteiger partial charge in [-0.05, 0) is 45.0 Å². The Labute approximate surface area is 118 Å². The monoisotopic (exact) mass is 260 g/mol. The van der Waals surface area contributed by atoms with Crippen molar-refractivity contribution in [2.45, 2.75) is 13.0 Å². The summed E-state index contributed by atoms with van der Waals surface area (Å²) in [7, 11) is 1.76.